The molecule has 0 aliphatic rings. The molecule has 0 saturated heterocycles. The Balaban J connectivity index is 1.60. The molecule has 0 spiro atoms. The molecule has 4 rings (SSSR count). The lowest BCUT2D eigenvalue weighted by Gasteiger charge is -2.08. The van der Waals surface area contributed by atoms with E-state index >= 15 is 0 Å². The summed E-state index contributed by atoms with van der Waals surface area (Å²) in [4.78, 5) is 31.3. The van der Waals surface area contributed by atoms with Gasteiger partial charge in [0.1, 0.15) is 11.2 Å². The number of H-pyrrole nitrogens is 1. The summed E-state index contributed by atoms with van der Waals surface area (Å²) in [6.07, 6.45) is 2.76. The van der Waals surface area contributed by atoms with Crippen LogP contribution in [0.2, 0.25) is 0 Å². The lowest BCUT2D eigenvalue weighted by atomic mass is 10.2. The van der Waals surface area contributed by atoms with Crippen LogP contribution in [0.4, 0.5) is 5.69 Å². The van der Waals surface area contributed by atoms with Crippen molar-refractivity contribution in [2.75, 3.05) is 5.32 Å². The van der Waals surface area contributed by atoms with Crippen LogP contribution >= 0.6 is 0 Å². The maximum Gasteiger partial charge on any atom is 0.326 e. The SMILES string of the molecule is O=C(Nc1ccc2ocnc2c1)c1c[nH]c(=O)n1Cc1ccccc1. The van der Waals surface area contributed by atoms with E-state index in [1.165, 1.54) is 17.2 Å². The molecular formula is C18H14N4O3. The molecule has 2 aromatic heterocycles. The van der Waals surface area contributed by atoms with Gasteiger partial charge in [0.2, 0.25) is 0 Å². The van der Waals surface area contributed by atoms with Crippen molar-refractivity contribution < 1.29 is 9.21 Å². The maximum absolute atomic E-state index is 12.6. The molecule has 7 heteroatoms. The number of hydrogen-bond acceptors (Lipinski definition) is 4. The fraction of sp³-hybridized carbons (Fsp3) is 0.0556. The van der Waals surface area contributed by atoms with E-state index in [0.717, 1.165) is 5.56 Å². The smallest absolute Gasteiger partial charge is 0.326 e. The average Bonchev–Trinajstić information content (AvgIpc) is 3.23. The molecule has 0 saturated carbocycles. The molecular weight excluding hydrogens is 320 g/mol. The van der Waals surface area contributed by atoms with Gasteiger partial charge in [-0.25, -0.2) is 9.78 Å². The normalized spacial score (nSPS) is 10.9. The quantitative estimate of drug-likeness (QED) is 0.600. The van der Waals surface area contributed by atoms with Crippen LogP contribution in [0.15, 0.2) is 70.3 Å². The summed E-state index contributed by atoms with van der Waals surface area (Å²) in [6, 6.07) is 14.6. The Morgan fingerprint density at radius 1 is 1.20 bits per heavy atom. The highest BCUT2D eigenvalue weighted by molar-refractivity contribution is 6.03. The number of rotatable bonds is 4. The minimum atomic E-state index is -0.378. The molecule has 124 valence electrons. The number of oxazole rings is 1. The van der Waals surface area contributed by atoms with Crippen LogP contribution in [0.25, 0.3) is 11.1 Å². The molecule has 0 aliphatic carbocycles. The zero-order valence-corrected chi connectivity index (χ0v) is 13.1. The monoisotopic (exact) mass is 334 g/mol. The predicted molar refractivity (Wildman–Crippen MR) is 92.6 cm³/mol. The largest absolute Gasteiger partial charge is 0.443 e. The Hall–Kier alpha value is -3.61. The first kappa shape index (κ1) is 14.9. The number of amides is 1. The fourth-order valence-corrected chi connectivity index (χ4v) is 2.64. The van der Waals surface area contributed by atoms with E-state index < -0.39 is 0 Å². The zero-order chi connectivity index (χ0) is 17.2. The highest BCUT2D eigenvalue weighted by Gasteiger charge is 2.15. The van der Waals surface area contributed by atoms with Gasteiger partial charge in [0.05, 0.1) is 6.54 Å². The zero-order valence-electron chi connectivity index (χ0n) is 13.1. The average molecular weight is 334 g/mol. The number of nitrogens with one attached hydrogen (secondary N) is 2. The first-order valence-corrected chi connectivity index (χ1v) is 7.67. The molecule has 4 aromatic rings. The number of aromatic amines is 1. The van der Waals surface area contributed by atoms with Crippen molar-refractivity contribution in [1.29, 1.82) is 0 Å². The number of benzene rings is 2. The Morgan fingerprint density at radius 2 is 2.04 bits per heavy atom. The van der Waals surface area contributed by atoms with Crippen molar-refractivity contribution in [1.82, 2.24) is 14.5 Å². The minimum absolute atomic E-state index is 0.258. The first-order valence-electron chi connectivity index (χ1n) is 7.67. The van der Waals surface area contributed by atoms with E-state index in [1.807, 2.05) is 30.3 Å². The fourth-order valence-electron chi connectivity index (χ4n) is 2.64. The van der Waals surface area contributed by atoms with Crippen LogP contribution in [0.5, 0.6) is 0 Å². The number of aromatic nitrogens is 3. The molecule has 0 aliphatic heterocycles. The third-order valence-corrected chi connectivity index (χ3v) is 3.87. The van der Waals surface area contributed by atoms with Crippen LogP contribution in [0.3, 0.4) is 0 Å². The van der Waals surface area contributed by atoms with Crippen LogP contribution in [-0.4, -0.2) is 20.4 Å². The van der Waals surface area contributed by atoms with Crippen LogP contribution in [0, 0.1) is 0 Å². The molecule has 25 heavy (non-hydrogen) atoms. The molecule has 2 heterocycles. The second-order valence-corrected chi connectivity index (χ2v) is 5.54. The summed E-state index contributed by atoms with van der Waals surface area (Å²) < 4.78 is 6.58. The maximum atomic E-state index is 12.6. The van der Waals surface area contributed by atoms with Gasteiger partial charge >= 0.3 is 5.69 Å². The van der Waals surface area contributed by atoms with E-state index in [0.29, 0.717) is 23.3 Å². The lowest BCUT2D eigenvalue weighted by Crippen LogP contribution is -2.24. The van der Waals surface area contributed by atoms with Gasteiger partial charge in [0.25, 0.3) is 5.91 Å². The van der Waals surface area contributed by atoms with Crippen LogP contribution in [-0.2, 0) is 6.54 Å². The lowest BCUT2D eigenvalue weighted by molar-refractivity contribution is 0.101. The molecule has 0 radical (unpaired) electrons. The van der Waals surface area contributed by atoms with E-state index in [4.69, 9.17) is 4.42 Å². The minimum Gasteiger partial charge on any atom is -0.443 e. The molecule has 1 amide bonds. The van der Waals surface area contributed by atoms with Gasteiger partial charge < -0.3 is 14.7 Å². The molecule has 0 atom stereocenters. The molecule has 0 unspecified atom stereocenters. The number of imidazole rings is 1. The molecule has 0 fully saturated rings. The summed E-state index contributed by atoms with van der Waals surface area (Å²) in [5.41, 5.74) is 2.72. The third-order valence-electron chi connectivity index (χ3n) is 3.87. The van der Waals surface area contributed by atoms with Crippen molar-refractivity contribution in [2.45, 2.75) is 6.54 Å². The number of carbonyl (C=O) groups excluding carboxylic acids is 1. The van der Waals surface area contributed by atoms with Gasteiger partial charge in [-0.05, 0) is 23.8 Å². The topological polar surface area (TPSA) is 92.9 Å². The van der Waals surface area contributed by atoms with Gasteiger partial charge in [-0.2, -0.15) is 0 Å². The summed E-state index contributed by atoms with van der Waals surface area (Å²) in [6.45, 7) is 0.314. The number of nitrogens with zero attached hydrogens (tertiary/aromatic N) is 2. The molecule has 0 bridgehead atoms. The summed E-state index contributed by atoms with van der Waals surface area (Å²) in [5, 5.41) is 2.78. The van der Waals surface area contributed by atoms with Crippen molar-refractivity contribution in [3.05, 3.63) is 82.9 Å². The van der Waals surface area contributed by atoms with E-state index in [9.17, 15) is 9.59 Å². The highest BCUT2D eigenvalue weighted by Crippen LogP contribution is 2.18. The highest BCUT2D eigenvalue weighted by atomic mass is 16.3. The number of hydrogen-bond donors (Lipinski definition) is 2. The molecule has 2 aromatic carbocycles. The first-order chi connectivity index (χ1) is 12.2. The number of fused-ring (bicyclic) bond motifs is 1. The summed E-state index contributed by atoms with van der Waals surface area (Å²) >= 11 is 0. The van der Waals surface area contributed by atoms with Crippen molar-refractivity contribution in [2.24, 2.45) is 0 Å². The Labute approximate surface area is 141 Å². The van der Waals surface area contributed by atoms with Gasteiger partial charge in [-0.15, -0.1) is 0 Å². The van der Waals surface area contributed by atoms with E-state index in [-0.39, 0.29) is 17.3 Å². The summed E-state index contributed by atoms with van der Waals surface area (Å²) in [5.74, 6) is -0.378. The Bertz CT molecular complexity index is 1090. The number of carbonyl (C=O) groups is 1. The second kappa shape index (κ2) is 6.12. The van der Waals surface area contributed by atoms with Gasteiger partial charge in [-0.1, -0.05) is 30.3 Å². The Morgan fingerprint density at radius 3 is 2.88 bits per heavy atom. The third kappa shape index (κ3) is 2.94. The Kier molecular flexibility index (Phi) is 3.66. The molecule has 2 N–H and O–H groups in total. The van der Waals surface area contributed by atoms with Gasteiger partial charge in [0.15, 0.2) is 12.0 Å². The van der Waals surface area contributed by atoms with Crippen LogP contribution < -0.4 is 11.0 Å². The van der Waals surface area contributed by atoms with E-state index in [2.05, 4.69) is 15.3 Å². The molecule has 7 nitrogen and oxygen atoms in total. The van der Waals surface area contributed by atoms with Gasteiger partial charge in [-0.3, -0.25) is 9.36 Å². The number of anilines is 1. The second-order valence-electron chi connectivity index (χ2n) is 5.54. The van der Waals surface area contributed by atoms with Crippen molar-refractivity contribution >= 4 is 22.7 Å². The summed E-state index contributed by atoms with van der Waals surface area (Å²) in [7, 11) is 0. The predicted octanol–water partition coefficient (Wildman–Crippen LogP) is 2.62. The van der Waals surface area contributed by atoms with Crippen molar-refractivity contribution in [3.8, 4) is 0 Å². The van der Waals surface area contributed by atoms with E-state index in [1.54, 1.807) is 18.2 Å². The standard InChI is InChI=1S/C18H14N4O3/c23-17(21-13-6-7-16-14(8-13)20-11-25-16)15-9-19-18(24)22(15)10-12-4-2-1-3-5-12/h1-9,11H,10H2,(H,19,24)(H,21,23). The van der Waals surface area contributed by atoms with Crippen molar-refractivity contribution in [3.63, 3.8) is 0 Å². The van der Waals surface area contributed by atoms with Crippen LogP contribution in [0.1, 0.15) is 16.1 Å². The van der Waals surface area contributed by atoms with Gasteiger partial charge in [0, 0.05) is 11.9 Å².